The lowest BCUT2D eigenvalue weighted by Crippen LogP contribution is -2.76. The summed E-state index contributed by atoms with van der Waals surface area (Å²) in [5.41, 5.74) is 7.52. The maximum absolute atomic E-state index is 13.5. The third-order valence-electron chi connectivity index (χ3n) is 7.28. The van der Waals surface area contributed by atoms with Gasteiger partial charge in [0.1, 0.15) is 6.04 Å². The molecule has 5 nitrogen and oxygen atoms in total. The average molecular weight is 435 g/mol. The highest BCUT2D eigenvalue weighted by Crippen LogP contribution is 2.46. The fourth-order valence-electron chi connectivity index (χ4n) is 5.23. The number of nitrogens with zero attached hydrogens (tertiary/aromatic N) is 1. The number of hydrogen-bond donors (Lipinski definition) is 2. The zero-order valence-corrected chi connectivity index (χ0v) is 19.4. The molecule has 2 amide bonds. The molecule has 1 fully saturated rings. The van der Waals surface area contributed by atoms with E-state index in [1.807, 2.05) is 23.1 Å². The Bertz CT molecular complexity index is 956. The summed E-state index contributed by atoms with van der Waals surface area (Å²) in [6, 6.07) is 18.4. The number of quaternary nitrogens is 1. The molecule has 1 saturated heterocycles. The van der Waals surface area contributed by atoms with Crippen molar-refractivity contribution >= 4 is 11.8 Å². The van der Waals surface area contributed by atoms with E-state index < -0.39 is 11.6 Å². The zero-order valence-electron chi connectivity index (χ0n) is 19.4. The van der Waals surface area contributed by atoms with Crippen molar-refractivity contribution in [3.63, 3.8) is 0 Å². The van der Waals surface area contributed by atoms with Gasteiger partial charge in [-0.25, -0.2) is 0 Å². The molecular formula is C27H36N3O2+. The predicted octanol–water partition coefficient (Wildman–Crippen LogP) is 2.63. The number of carbonyl (C=O) groups is 2. The van der Waals surface area contributed by atoms with E-state index >= 15 is 0 Å². The van der Waals surface area contributed by atoms with Gasteiger partial charge in [-0.3, -0.25) is 9.59 Å². The first kappa shape index (κ1) is 22.5. The molecule has 4 N–H and O–H groups in total. The third-order valence-corrected chi connectivity index (χ3v) is 7.28. The van der Waals surface area contributed by atoms with Crippen LogP contribution in [0.3, 0.4) is 0 Å². The molecule has 1 atom stereocenters. The molecule has 0 aromatic heterocycles. The highest BCUT2D eigenvalue weighted by molar-refractivity contribution is 5.90. The third kappa shape index (κ3) is 4.73. The van der Waals surface area contributed by atoms with Crippen molar-refractivity contribution in [1.82, 2.24) is 10.2 Å². The van der Waals surface area contributed by atoms with Crippen LogP contribution in [0, 0.1) is 0 Å². The van der Waals surface area contributed by atoms with E-state index in [-0.39, 0.29) is 17.2 Å². The lowest BCUT2D eigenvalue weighted by atomic mass is 9.74. The number of hydrogen-bond acceptors (Lipinski definition) is 2. The number of piperidine rings is 1. The van der Waals surface area contributed by atoms with Crippen LogP contribution in [0.25, 0.3) is 0 Å². The lowest BCUT2D eigenvalue weighted by Gasteiger charge is -2.41. The van der Waals surface area contributed by atoms with Crippen molar-refractivity contribution < 1.29 is 15.3 Å². The van der Waals surface area contributed by atoms with Crippen LogP contribution in [0.5, 0.6) is 0 Å². The van der Waals surface area contributed by atoms with Gasteiger partial charge in [-0.05, 0) is 74.5 Å². The number of benzene rings is 2. The van der Waals surface area contributed by atoms with Crippen LogP contribution < -0.4 is 11.1 Å². The minimum atomic E-state index is -0.773. The molecule has 2 aliphatic rings. The zero-order chi connectivity index (χ0) is 22.8. The van der Waals surface area contributed by atoms with Gasteiger partial charge in [0.2, 0.25) is 5.91 Å². The molecule has 2 aromatic carbocycles. The van der Waals surface area contributed by atoms with Crippen molar-refractivity contribution in [2.75, 3.05) is 13.1 Å². The summed E-state index contributed by atoms with van der Waals surface area (Å²) in [6.45, 7) is 5.06. The number of carbonyl (C=O) groups excluding carboxylic acids is 2. The molecule has 0 unspecified atom stereocenters. The Balaban J connectivity index is 1.44. The predicted molar refractivity (Wildman–Crippen MR) is 126 cm³/mol. The standard InChI is InChI=1S/C27H35N3O2/c1-26(2,28)25(32)29-23(13-12-20-8-4-3-5-9-20)24(31)30-18-16-27(17-19-30)15-14-21-10-6-7-11-22(21)27/h3-11,23H,12-19,28H2,1-2H3,(H,29,32)/p+1/t23-/m1/s1. The van der Waals surface area contributed by atoms with Crippen LogP contribution in [0.4, 0.5) is 0 Å². The van der Waals surface area contributed by atoms with E-state index in [9.17, 15) is 9.59 Å². The largest absolute Gasteiger partial charge is 0.345 e. The number of nitrogens with one attached hydrogen (secondary N) is 1. The molecule has 0 saturated carbocycles. The van der Waals surface area contributed by atoms with Crippen molar-refractivity contribution in [1.29, 1.82) is 0 Å². The van der Waals surface area contributed by atoms with Crippen molar-refractivity contribution in [2.45, 2.75) is 69.4 Å². The van der Waals surface area contributed by atoms with Crippen molar-refractivity contribution in [3.05, 3.63) is 71.3 Å². The van der Waals surface area contributed by atoms with E-state index in [0.29, 0.717) is 6.42 Å². The van der Waals surface area contributed by atoms with E-state index in [4.69, 9.17) is 0 Å². The first-order chi connectivity index (χ1) is 15.3. The molecule has 1 aliphatic carbocycles. The van der Waals surface area contributed by atoms with Crippen LogP contribution in [0.1, 0.15) is 56.2 Å². The first-order valence-electron chi connectivity index (χ1n) is 11.9. The second-order valence-electron chi connectivity index (χ2n) is 10.2. The lowest BCUT2D eigenvalue weighted by molar-refractivity contribution is -0.446. The maximum Gasteiger partial charge on any atom is 0.281 e. The SMILES string of the molecule is CC(C)([NH3+])C(=O)N[C@H](CCc1ccccc1)C(=O)N1CCC2(CCc3ccccc32)CC1. The number of fused-ring (bicyclic) bond motifs is 2. The Morgan fingerprint density at radius 1 is 1.03 bits per heavy atom. The minimum Gasteiger partial charge on any atom is -0.345 e. The van der Waals surface area contributed by atoms with E-state index in [2.05, 4.69) is 47.4 Å². The molecule has 0 bridgehead atoms. The minimum absolute atomic E-state index is 0.0414. The summed E-state index contributed by atoms with van der Waals surface area (Å²) in [6.07, 6.45) is 5.65. The van der Waals surface area contributed by atoms with Gasteiger partial charge in [0.25, 0.3) is 5.91 Å². The molecule has 1 heterocycles. The van der Waals surface area contributed by atoms with Gasteiger partial charge in [-0.15, -0.1) is 0 Å². The van der Waals surface area contributed by atoms with Gasteiger partial charge in [-0.1, -0.05) is 54.6 Å². The van der Waals surface area contributed by atoms with Gasteiger partial charge in [0.15, 0.2) is 5.54 Å². The highest BCUT2D eigenvalue weighted by atomic mass is 16.2. The van der Waals surface area contributed by atoms with Gasteiger partial charge in [0, 0.05) is 13.1 Å². The van der Waals surface area contributed by atoms with Crippen LogP contribution >= 0.6 is 0 Å². The fourth-order valence-corrected chi connectivity index (χ4v) is 5.23. The quantitative estimate of drug-likeness (QED) is 0.733. The maximum atomic E-state index is 13.5. The first-order valence-corrected chi connectivity index (χ1v) is 11.9. The van der Waals surface area contributed by atoms with E-state index in [1.54, 1.807) is 13.8 Å². The normalized spacial score (nSPS) is 18.3. The number of likely N-dealkylation sites (tertiary alicyclic amines) is 1. The Morgan fingerprint density at radius 2 is 1.69 bits per heavy atom. The number of aryl methyl sites for hydroxylation is 2. The molecule has 5 heteroatoms. The molecule has 0 radical (unpaired) electrons. The van der Waals surface area contributed by atoms with Crippen LogP contribution in [0.2, 0.25) is 0 Å². The molecule has 170 valence electrons. The molecule has 1 spiro atoms. The number of rotatable bonds is 6. The van der Waals surface area contributed by atoms with Gasteiger partial charge in [-0.2, -0.15) is 0 Å². The summed E-state index contributed by atoms with van der Waals surface area (Å²) < 4.78 is 0. The summed E-state index contributed by atoms with van der Waals surface area (Å²) >= 11 is 0. The van der Waals surface area contributed by atoms with Crippen LogP contribution in [0.15, 0.2) is 54.6 Å². The van der Waals surface area contributed by atoms with Crippen LogP contribution in [-0.4, -0.2) is 41.4 Å². The summed E-state index contributed by atoms with van der Waals surface area (Å²) in [4.78, 5) is 28.2. The van der Waals surface area contributed by atoms with E-state index in [0.717, 1.165) is 38.8 Å². The van der Waals surface area contributed by atoms with Gasteiger partial charge >= 0.3 is 0 Å². The molecular weight excluding hydrogens is 398 g/mol. The second-order valence-corrected chi connectivity index (χ2v) is 10.2. The summed E-state index contributed by atoms with van der Waals surface area (Å²) in [5, 5.41) is 3.01. The van der Waals surface area contributed by atoms with E-state index in [1.165, 1.54) is 23.1 Å². The Kier molecular flexibility index (Phi) is 6.38. The van der Waals surface area contributed by atoms with Crippen LogP contribution in [-0.2, 0) is 27.8 Å². The Labute approximate surface area is 191 Å². The smallest absolute Gasteiger partial charge is 0.281 e. The molecule has 1 aliphatic heterocycles. The monoisotopic (exact) mass is 434 g/mol. The Morgan fingerprint density at radius 3 is 2.38 bits per heavy atom. The number of amides is 2. The highest BCUT2D eigenvalue weighted by Gasteiger charge is 2.42. The van der Waals surface area contributed by atoms with Crippen molar-refractivity contribution in [3.8, 4) is 0 Å². The average Bonchev–Trinajstić information content (AvgIpc) is 3.15. The summed E-state index contributed by atoms with van der Waals surface area (Å²) in [7, 11) is 0. The second kappa shape index (κ2) is 9.07. The topological polar surface area (TPSA) is 77.0 Å². The summed E-state index contributed by atoms with van der Waals surface area (Å²) in [5.74, 6) is -0.137. The van der Waals surface area contributed by atoms with Crippen molar-refractivity contribution in [2.24, 2.45) is 0 Å². The van der Waals surface area contributed by atoms with Gasteiger partial charge in [0.05, 0.1) is 0 Å². The fraction of sp³-hybridized carbons (Fsp3) is 0.481. The molecule has 2 aromatic rings. The Hall–Kier alpha value is -2.66. The molecule has 4 rings (SSSR count). The molecule has 32 heavy (non-hydrogen) atoms. The van der Waals surface area contributed by atoms with Gasteiger partial charge < -0.3 is 16.0 Å².